The van der Waals surface area contributed by atoms with Crippen LogP contribution >= 0.6 is 0 Å². The van der Waals surface area contributed by atoms with Crippen LogP contribution in [0, 0.1) is 0 Å². The Morgan fingerprint density at radius 2 is 2.25 bits per heavy atom. The molecular formula is C13H22N2O. The molecule has 0 unspecified atom stereocenters. The highest BCUT2D eigenvalue weighted by atomic mass is 16.3. The van der Waals surface area contributed by atoms with E-state index < -0.39 is 0 Å². The van der Waals surface area contributed by atoms with Crippen molar-refractivity contribution in [1.29, 1.82) is 0 Å². The maximum atomic E-state index is 5.52. The van der Waals surface area contributed by atoms with Crippen molar-refractivity contribution in [1.82, 2.24) is 10.2 Å². The maximum absolute atomic E-state index is 5.52. The third kappa shape index (κ3) is 2.86. The van der Waals surface area contributed by atoms with E-state index in [2.05, 4.69) is 30.1 Å². The Morgan fingerprint density at radius 3 is 2.88 bits per heavy atom. The van der Waals surface area contributed by atoms with Crippen LogP contribution in [0.5, 0.6) is 0 Å². The van der Waals surface area contributed by atoms with Crippen LogP contribution in [0.2, 0.25) is 0 Å². The van der Waals surface area contributed by atoms with Gasteiger partial charge in [0.1, 0.15) is 5.76 Å². The molecule has 1 fully saturated rings. The van der Waals surface area contributed by atoms with Crippen LogP contribution < -0.4 is 5.32 Å². The normalized spacial score (nSPS) is 15.9. The predicted molar refractivity (Wildman–Crippen MR) is 65.2 cm³/mol. The summed E-state index contributed by atoms with van der Waals surface area (Å²) in [4.78, 5) is 2.54. The molecule has 0 spiro atoms. The molecule has 0 saturated heterocycles. The molecule has 0 aliphatic heterocycles. The Hall–Kier alpha value is -0.800. The molecular weight excluding hydrogens is 200 g/mol. The smallest absolute Gasteiger partial charge is 0.122 e. The molecule has 1 saturated carbocycles. The molecule has 90 valence electrons. The van der Waals surface area contributed by atoms with Gasteiger partial charge in [-0.25, -0.2) is 0 Å². The van der Waals surface area contributed by atoms with Gasteiger partial charge in [0.15, 0.2) is 0 Å². The molecule has 2 rings (SSSR count). The first-order valence-electron chi connectivity index (χ1n) is 6.35. The first kappa shape index (κ1) is 11.7. The lowest BCUT2D eigenvalue weighted by molar-refractivity contribution is 0.266. The third-order valence-corrected chi connectivity index (χ3v) is 3.22. The average Bonchev–Trinajstić information content (AvgIpc) is 3.05. The van der Waals surface area contributed by atoms with Gasteiger partial charge < -0.3 is 9.73 Å². The van der Waals surface area contributed by atoms with E-state index in [-0.39, 0.29) is 0 Å². The largest absolute Gasteiger partial charge is 0.468 e. The second-order valence-electron chi connectivity index (χ2n) is 4.44. The minimum absolute atomic E-state index is 0.826. The van der Waals surface area contributed by atoms with Crippen LogP contribution in [-0.2, 0) is 13.1 Å². The average molecular weight is 222 g/mol. The van der Waals surface area contributed by atoms with Crippen LogP contribution in [0.4, 0.5) is 0 Å². The van der Waals surface area contributed by atoms with E-state index in [1.165, 1.54) is 18.4 Å². The van der Waals surface area contributed by atoms with E-state index in [9.17, 15) is 0 Å². The predicted octanol–water partition coefficient (Wildman–Crippen LogP) is 2.37. The standard InChI is InChI=1S/C13H22N2O/c1-3-14-9-13-11(7-8-16-13)10-15(4-2)12-5-6-12/h7-8,12,14H,3-6,9-10H2,1-2H3. The number of hydrogen-bond acceptors (Lipinski definition) is 3. The number of nitrogens with zero attached hydrogens (tertiary/aromatic N) is 1. The fourth-order valence-electron chi connectivity index (χ4n) is 2.06. The highest BCUT2D eigenvalue weighted by Crippen LogP contribution is 2.28. The Morgan fingerprint density at radius 1 is 1.44 bits per heavy atom. The van der Waals surface area contributed by atoms with Gasteiger partial charge in [0, 0.05) is 18.2 Å². The van der Waals surface area contributed by atoms with E-state index in [1.807, 2.05) is 6.26 Å². The molecule has 3 heteroatoms. The molecule has 1 aliphatic carbocycles. The van der Waals surface area contributed by atoms with Crippen molar-refractivity contribution in [3.8, 4) is 0 Å². The Labute approximate surface area is 97.8 Å². The third-order valence-electron chi connectivity index (χ3n) is 3.22. The summed E-state index contributed by atoms with van der Waals surface area (Å²) in [7, 11) is 0. The lowest BCUT2D eigenvalue weighted by Gasteiger charge is -2.19. The minimum Gasteiger partial charge on any atom is -0.468 e. The van der Waals surface area contributed by atoms with Crippen LogP contribution in [0.3, 0.4) is 0 Å². The second kappa shape index (κ2) is 5.51. The van der Waals surface area contributed by atoms with Gasteiger partial charge >= 0.3 is 0 Å². The maximum Gasteiger partial charge on any atom is 0.122 e. The molecule has 0 amide bonds. The van der Waals surface area contributed by atoms with Crippen LogP contribution in [-0.4, -0.2) is 24.0 Å². The molecule has 0 radical (unpaired) electrons. The molecule has 0 bridgehead atoms. The molecule has 16 heavy (non-hydrogen) atoms. The van der Waals surface area contributed by atoms with Crippen molar-refractivity contribution in [3.05, 3.63) is 23.7 Å². The van der Waals surface area contributed by atoms with Crippen molar-refractivity contribution in [2.75, 3.05) is 13.1 Å². The Balaban J connectivity index is 1.93. The first-order chi connectivity index (χ1) is 7.85. The topological polar surface area (TPSA) is 28.4 Å². The molecule has 1 aromatic heterocycles. The summed E-state index contributed by atoms with van der Waals surface area (Å²) in [5, 5.41) is 3.31. The lowest BCUT2D eigenvalue weighted by atomic mass is 10.2. The van der Waals surface area contributed by atoms with Crippen LogP contribution in [0.1, 0.15) is 38.0 Å². The molecule has 1 aromatic rings. The number of rotatable bonds is 7. The summed E-state index contributed by atoms with van der Waals surface area (Å²) in [6.45, 7) is 8.36. The summed E-state index contributed by atoms with van der Waals surface area (Å²) < 4.78 is 5.52. The fraction of sp³-hybridized carbons (Fsp3) is 0.692. The van der Waals surface area contributed by atoms with Crippen molar-refractivity contribution in [2.45, 2.75) is 45.8 Å². The first-order valence-corrected chi connectivity index (χ1v) is 6.35. The molecule has 3 nitrogen and oxygen atoms in total. The van der Waals surface area contributed by atoms with E-state index >= 15 is 0 Å². The SMILES string of the molecule is CCNCc1occc1CN(CC)C1CC1. The monoisotopic (exact) mass is 222 g/mol. The van der Waals surface area contributed by atoms with E-state index in [0.717, 1.165) is 38.0 Å². The van der Waals surface area contributed by atoms with Gasteiger partial charge in [0.2, 0.25) is 0 Å². The lowest BCUT2D eigenvalue weighted by Crippen LogP contribution is -2.25. The summed E-state index contributed by atoms with van der Waals surface area (Å²) in [5.41, 5.74) is 1.34. The van der Waals surface area contributed by atoms with Gasteiger partial charge in [-0.05, 0) is 32.0 Å². The molecule has 0 aromatic carbocycles. The van der Waals surface area contributed by atoms with Gasteiger partial charge in [-0.15, -0.1) is 0 Å². The number of furan rings is 1. The van der Waals surface area contributed by atoms with Crippen LogP contribution in [0.25, 0.3) is 0 Å². The van der Waals surface area contributed by atoms with E-state index in [1.54, 1.807) is 0 Å². The Bertz CT molecular complexity index is 317. The zero-order chi connectivity index (χ0) is 11.4. The van der Waals surface area contributed by atoms with E-state index in [4.69, 9.17) is 4.42 Å². The van der Waals surface area contributed by atoms with Crippen LogP contribution in [0.15, 0.2) is 16.7 Å². The summed E-state index contributed by atoms with van der Waals surface area (Å²) in [6, 6.07) is 2.93. The van der Waals surface area contributed by atoms with Gasteiger partial charge in [-0.2, -0.15) is 0 Å². The van der Waals surface area contributed by atoms with Gasteiger partial charge in [0.25, 0.3) is 0 Å². The van der Waals surface area contributed by atoms with Gasteiger partial charge in [-0.1, -0.05) is 13.8 Å². The molecule has 1 heterocycles. The van der Waals surface area contributed by atoms with Crippen molar-refractivity contribution in [2.24, 2.45) is 0 Å². The van der Waals surface area contributed by atoms with Crippen molar-refractivity contribution >= 4 is 0 Å². The quantitative estimate of drug-likeness (QED) is 0.767. The van der Waals surface area contributed by atoms with Crippen molar-refractivity contribution < 1.29 is 4.42 Å². The fourth-order valence-corrected chi connectivity index (χ4v) is 2.06. The highest BCUT2D eigenvalue weighted by Gasteiger charge is 2.28. The van der Waals surface area contributed by atoms with Gasteiger partial charge in [0.05, 0.1) is 12.8 Å². The molecule has 1 aliphatic rings. The number of hydrogen-bond donors (Lipinski definition) is 1. The minimum atomic E-state index is 0.826. The molecule has 0 atom stereocenters. The molecule has 1 N–H and O–H groups in total. The Kier molecular flexibility index (Phi) is 4.02. The summed E-state index contributed by atoms with van der Waals surface area (Å²) >= 11 is 0. The van der Waals surface area contributed by atoms with E-state index in [0.29, 0.717) is 0 Å². The second-order valence-corrected chi connectivity index (χ2v) is 4.44. The zero-order valence-electron chi connectivity index (χ0n) is 10.3. The summed E-state index contributed by atoms with van der Waals surface area (Å²) in [5.74, 6) is 1.10. The van der Waals surface area contributed by atoms with Gasteiger partial charge in [-0.3, -0.25) is 4.90 Å². The number of nitrogens with one attached hydrogen (secondary N) is 1. The zero-order valence-corrected chi connectivity index (χ0v) is 10.3. The highest BCUT2D eigenvalue weighted by molar-refractivity contribution is 5.17. The summed E-state index contributed by atoms with van der Waals surface area (Å²) in [6.07, 6.45) is 4.55. The van der Waals surface area contributed by atoms with Crippen molar-refractivity contribution in [3.63, 3.8) is 0 Å².